The number of urea groups is 1. The number of nitrogens with one attached hydrogen (secondary N) is 1. The summed E-state index contributed by atoms with van der Waals surface area (Å²) in [7, 11) is 1.66. The van der Waals surface area contributed by atoms with Crippen LogP contribution in [0.4, 0.5) is 25.0 Å². The SMILES string of the molecule is CN(C(=O)NCC1CCN(c2ccc(F)c(F)c2)C1)C1CCCN(c2ccccc2)C1=O. The number of nitrogens with zero attached hydrogens (tertiary/aromatic N) is 3. The summed E-state index contributed by atoms with van der Waals surface area (Å²) in [6.45, 7) is 2.48. The van der Waals surface area contributed by atoms with Crippen LogP contribution in [0.5, 0.6) is 0 Å². The van der Waals surface area contributed by atoms with Crippen molar-refractivity contribution in [1.29, 1.82) is 0 Å². The van der Waals surface area contributed by atoms with Crippen molar-refractivity contribution >= 4 is 23.3 Å². The van der Waals surface area contributed by atoms with Gasteiger partial charge in [-0.2, -0.15) is 0 Å². The molecule has 2 unspecified atom stereocenters. The fourth-order valence-corrected chi connectivity index (χ4v) is 4.49. The van der Waals surface area contributed by atoms with Crippen LogP contribution in [-0.4, -0.2) is 56.1 Å². The van der Waals surface area contributed by atoms with E-state index in [2.05, 4.69) is 5.32 Å². The van der Waals surface area contributed by atoms with E-state index in [9.17, 15) is 18.4 Å². The first kappa shape index (κ1) is 22.0. The molecule has 4 rings (SSSR count). The Morgan fingerprint density at radius 1 is 1.06 bits per heavy atom. The van der Waals surface area contributed by atoms with Gasteiger partial charge in [0.25, 0.3) is 0 Å². The van der Waals surface area contributed by atoms with Gasteiger partial charge in [-0.25, -0.2) is 13.6 Å². The number of carbonyl (C=O) groups excluding carboxylic acids is 2. The first-order chi connectivity index (χ1) is 15.4. The molecule has 6 nitrogen and oxygen atoms in total. The number of para-hydroxylation sites is 1. The molecule has 0 bridgehead atoms. The predicted molar refractivity (Wildman–Crippen MR) is 120 cm³/mol. The third-order valence-corrected chi connectivity index (χ3v) is 6.36. The van der Waals surface area contributed by atoms with Crippen molar-refractivity contribution in [3.05, 3.63) is 60.2 Å². The third kappa shape index (κ3) is 4.69. The monoisotopic (exact) mass is 442 g/mol. The van der Waals surface area contributed by atoms with Gasteiger partial charge in [0, 0.05) is 50.7 Å². The average Bonchev–Trinajstić information content (AvgIpc) is 3.28. The number of likely N-dealkylation sites (N-methyl/N-ethyl adjacent to an activating group) is 1. The lowest BCUT2D eigenvalue weighted by Crippen LogP contribution is -2.55. The third-order valence-electron chi connectivity index (χ3n) is 6.36. The Kier molecular flexibility index (Phi) is 6.58. The second kappa shape index (κ2) is 9.54. The highest BCUT2D eigenvalue weighted by molar-refractivity contribution is 5.99. The fourth-order valence-electron chi connectivity index (χ4n) is 4.49. The maximum atomic E-state index is 13.5. The van der Waals surface area contributed by atoms with Gasteiger partial charge in [0.1, 0.15) is 6.04 Å². The van der Waals surface area contributed by atoms with E-state index in [0.717, 1.165) is 24.6 Å². The molecular formula is C24H28F2N4O2. The largest absolute Gasteiger partial charge is 0.371 e. The molecule has 2 heterocycles. The van der Waals surface area contributed by atoms with Gasteiger partial charge in [0.15, 0.2) is 11.6 Å². The molecule has 2 aromatic rings. The lowest BCUT2D eigenvalue weighted by atomic mass is 10.0. The topological polar surface area (TPSA) is 55.9 Å². The standard InChI is InChI=1S/C24H28F2N4O2/c1-28(22-8-5-12-30(23(22)31)18-6-3-2-4-7-18)24(32)27-15-17-11-13-29(16-17)19-9-10-20(25)21(26)14-19/h2-4,6-7,9-10,14,17,22H,5,8,11-13,15-16H2,1H3,(H,27,32). The zero-order chi connectivity index (χ0) is 22.7. The number of anilines is 2. The summed E-state index contributed by atoms with van der Waals surface area (Å²) in [6, 6.07) is 12.6. The lowest BCUT2D eigenvalue weighted by Gasteiger charge is -2.36. The second-order valence-corrected chi connectivity index (χ2v) is 8.48. The molecule has 0 aromatic heterocycles. The van der Waals surface area contributed by atoms with Crippen molar-refractivity contribution in [2.45, 2.75) is 25.3 Å². The van der Waals surface area contributed by atoms with E-state index in [4.69, 9.17) is 0 Å². The first-order valence-corrected chi connectivity index (χ1v) is 11.0. The molecule has 0 radical (unpaired) electrons. The van der Waals surface area contributed by atoms with Gasteiger partial charge in [-0.1, -0.05) is 18.2 Å². The Labute approximate surface area is 186 Å². The Bertz CT molecular complexity index is 972. The molecule has 2 aliphatic rings. The summed E-state index contributed by atoms with van der Waals surface area (Å²) >= 11 is 0. The maximum absolute atomic E-state index is 13.5. The van der Waals surface area contributed by atoms with Gasteiger partial charge in [-0.15, -0.1) is 0 Å². The number of benzene rings is 2. The van der Waals surface area contributed by atoms with Crippen molar-refractivity contribution in [3.8, 4) is 0 Å². The van der Waals surface area contributed by atoms with E-state index in [-0.39, 0.29) is 17.9 Å². The minimum Gasteiger partial charge on any atom is -0.371 e. The molecule has 0 aliphatic carbocycles. The number of hydrogen-bond acceptors (Lipinski definition) is 3. The number of rotatable bonds is 5. The van der Waals surface area contributed by atoms with Crippen LogP contribution in [0.3, 0.4) is 0 Å². The summed E-state index contributed by atoms with van der Waals surface area (Å²) in [6.07, 6.45) is 2.31. The van der Waals surface area contributed by atoms with Gasteiger partial charge in [0.05, 0.1) is 0 Å². The van der Waals surface area contributed by atoms with Crippen molar-refractivity contribution < 1.29 is 18.4 Å². The Morgan fingerprint density at radius 3 is 2.59 bits per heavy atom. The van der Waals surface area contributed by atoms with Crippen LogP contribution in [-0.2, 0) is 4.79 Å². The molecule has 0 saturated carbocycles. The van der Waals surface area contributed by atoms with E-state index >= 15 is 0 Å². The second-order valence-electron chi connectivity index (χ2n) is 8.48. The molecule has 2 aromatic carbocycles. The highest BCUT2D eigenvalue weighted by atomic mass is 19.2. The molecule has 2 aliphatic heterocycles. The Hall–Kier alpha value is -3.16. The van der Waals surface area contributed by atoms with Gasteiger partial charge in [-0.05, 0) is 49.4 Å². The summed E-state index contributed by atoms with van der Waals surface area (Å²) < 4.78 is 26.7. The van der Waals surface area contributed by atoms with Crippen molar-refractivity contribution in [1.82, 2.24) is 10.2 Å². The molecule has 0 spiro atoms. The highest BCUT2D eigenvalue weighted by Crippen LogP contribution is 2.26. The summed E-state index contributed by atoms with van der Waals surface area (Å²) in [4.78, 5) is 31.0. The molecule has 2 saturated heterocycles. The maximum Gasteiger partial charge on any atom is 0.317 e. The number of carbonyl (C=O) groups is 2. The van der Waals surface area contributed by atoms with Crippen LogP contribution >= 0.6 is 0 Å². The number of amides is 3. The van der Waals surface area contributed by atoms with Gasteiger partial charge in [-0.3, -0.25) is 4.79 Å². The van der Waals surface area contributed by atoms with Crippen molar-refractivity contribution in [2.24, 2.45) is 5.92 Å². The molecule has 8 heteroatoms. The Balaban J connectivity index is 1.30. The first-order valence-electron chi connectivity index (χ1n) is 11.0. The van der Waals surface area contributed by atoms with Crippen LogP contribution in [0.15, 0.2) is 48.5 Å². The highest BCUT2D eigenvalue weighted by Gasteiger charge is 2.35. The minimum atomic E-state index is -0.859. The zero-order valence-electron chi connectivity index (χ0n) is 18.1. The van der Waals surface area contributed by atoms with E-state index in [1.807, 2.05) is 35.2 Å². The molecule has 2 fully saturated rings. The summed E-state index contributed by atoms with van der Waals surface area (Å²) in [5.74, 6) is -1.58. The molecule has 2 atom stereocenters. The summed E-state index contributed by atoms with van der Waals surface area (Å²) in [5.41, 5.74) is 1.49. The lowest BCUT2D eigenvalue weighted by molar-refractivity contribution is -0.123. The van der Waals surface area contributed by atoms with E-state index in [1.165, 1.54) is 11.0 Å². The fraction of sp³-hybridized carbons (Fsp3) is 0.417. The van der Waals surface area contributed by atoms with Crippen LogP contribution < -0.4 is 15.1 Å². The summed E-state index contributed by atoms with van der Waals surface area (Å²) in [5, 5.41) is 2.94. The van der Waals surface area contributed by atoms with Crippen molar-refractivity contribution in [2.75, 3.05) is 43.0 Å². The molecule has 170 valence electrons. The van der Waals surface area contributed by atoms with Gasteiger partial charge >= 0.3 is 6.03 Å². The molecule has 1 N–H and O–H groups in total. The van der Waals surface area contributed by atoms with Crippen LogP contribution in [0, 0.1) is 17.6 Å². The van der Waals surface area contributed by atoms with Crippen LogP contribution in [0.25, 0.3) is 0 Å². The smallest absolute Gasteiger partial charge is 0.317 e. The number of hydrogen-bond donors (Lipinski definition) is 1. The van der Waals surface area contributed by atoms with Crippen molar-refractivity contribution in [3.63, 3.8) is 0 Å². The molecule has 32 heavy (non-hydrogen) atoms. The van der Waals surface area contributed by atoms with Crippen LogP contribution in [0.1, 0.15) is 19.3 Å². The molecule has 3 amide bonds. The van der Waals surface area contributed by atoms with E-state index < -0.39 is 17.7 Å². The predicted octanol–water partition coefficient (Wildman–Crippen LogP) is 3.63. The molecular weight excluding hydrogens is 414 g/mol. The zero-order valence-corrected chi connectivity index (χ0v) is 18.1. The quantitative estimate of drug-likeness (QED) is 0.770. The minimum absolute atomic E-state index is 0.0644. The van der Waals surface area contributed by atoms with E-state index in [1.54, 1.807) is 18.0 Å². The average molecular weight is 443 g/mol. The Morgan fingerprint density at radius 2 is 1.84 bits per heavy atom. The number of piperidine rings is 1. The van der Waals surface area contributed by atoms with E-state index in [0.29, 0.717) is 38.3 Å². The number of halogens is 2. The van der Waals surface area contributed by atoms with Crippen LogP contribution in [0.2, 0.25) is 0 Å². The van der Waals surface area contributed by atoms with Gasteiger partial charge < -0.3 is 20.0 Å². The normalized spacial score (nSPS) is 21.0. The van der Waals surface area contributed by atoms with Gasteiger partial charge in [0.2, 0.25) is 5.91 Å².